The maximum Gasteiger partial charge on any atom is 0.177 e. The Morgan fingerprint density at radius 2 is 2.00 bits per heavy atom. The van der Waals surface area contributed by atoms with Gasteiger partial charge in [-0.15, -0.1) is 10.2 Å². The van der Waals surface area contributed by atoms with Gasteiger partial charge in [0.15, 0.2) is 12.0 Å². The lowest BCUT2D eigenvalue weighted by Crippen LogP contribution is -2.24. The van der Waals surface area contributed by atoms with E-state index in [9.17, 15) is 0 Å². The summed E-state index contributed by atoms with van der Waals surface area (Å²) in [6, 6.07) is 11.2. The summed E-state index contributed by atoms with van der Waals surface area (Å²) in [5, 5.41) is 12.8. The number of hydrogen-bond acceptors (Lipinski definition) is 5. The molecule has 0 bridgehead atoms. The van der Waals surface area contributed by atoms with Crippen molar-refractivity contribution >= 4 is 28.9 Å². The zero-order valence-corrected chi connectivity index (χ0v) is 16.2. The largest absolute Gasteiger partial charge is 0.289 e. The van der Waals surface area contributed by atoms with Crippen molar-refractivity contribution in [1.82, 2.24) is 25.1 Å². The first-order valence-corrected chi connectivity index (χ1v) is 9.58. The summed E-state index contributed by atoms with van der Waals surface area (Å²) < 4.78 is 1.90. The van der Waals surface area contributed by atoms with Crippen molar-refractivity contribution in [1.29, 1.82) is 0 Å². The molecule has 1 atom stereocenters. The Bertz CT molecular complexity index is 997. The molecule has 0 saturated carbocycles. The van der Waals surface area contributed by atoms with E-state index >= 15 is 0 Å². The summed E-state index contributed by atoms with van der Waals surface area (Å²) in [6.07, 6.45) is 3.44. The third kappa shape index (κ3) is 3.48. The highest BCUT2D eigenvalue weighted by Gasteiger charge is 2.28. The highest BCUT2D eigenvalue weighted by atomic mass is 35.5. The molecule has 3 heterocycles. The molecule has 0 saturated heterocycles. The molecule has 0 aliphatic carbocycles. The van der Waals surface area contributed by atoms with Crippen LogP contribution in [0, 0.1) is 0 Å². The Morgan fingerprint density at radius 1 is 1.15 bits per heavy atom. The van der Waals surface area contributed by atoms with E-state index in [-0.39, 0.29) is 6.17 Å². The normalized spacial score (nSPS) is 15.7. The maximum absolute atomic E-state index is 6.48. The average Bonchev–Trinajstić information content (AvgIpc) is 3.11. The zero-order valence-electron chi connectivity index (χ0n) is 14.7. The van der Waals surface area contributed by atoms with Crippen molar-refractivity contribution in [3.8, 4) is 5.69 Å². The molecule has 2 aromatic heterocycles. The fourth-order valence-electron chi connectivity index (χ4n) is 3.06. The van der Waals surface area contributed by atoms with E-state index in [0.29, 0.717) is 27.4 Å². The predicted molar refractivity (Wildman–Crippen MR) is 107 cm³/mol. The number of pyridine rings is 1. The minimum atomic E-state index is -0.363. The number of halogens is 2. The molecule has 1 aliphatic rings. The van der Waals surface area contributed by atoms with E-state index in [1.165, 1.54) is 0 Å². The van der Waals surface area contributed by atoms with E-state index < -0.39 is 0 Å². The van der Waals surface area contributed by atoms with E-state index in [1.54, 1.807) is 12.4 Å². The monoisotopic (exact) mass is 400 g/mol. The summed E-state index contributed by atoms with van der Waals surface area (Å²) in [6.45, 7) is 2.97. The van der Waals surface area contributed by atoms with Gasteiger partial charge in [-0.25, -0.2) is 4.98 Å². The number of aromatic nitrogens is 4. The zero-order chi connectivity index (χ0) is 18.8. The average molecular weight is 401 g/mol. The Morgan fingerprint density at radius 3 is 2.81 bits per heavy atom. The molecule has 27 heavy (non-hydrogen) atoms. The quantitative estimate of drug-likeness (QED) is 0.514. The molecular weight excluding hydrogens is 383 g/mol. The van der Waals surface area contributed by atoms with Crippen molar-refractivity contribution in [2.24, 2.45) is 4.99 Å². The highest BCUT2D eigenvalue weighted by molar-refractivity contribution is 6.35. The SMILES string of the molecule is CCCCNC1N=C(c2ccccc2Cl)c2nc(Cl)ccc2-n2cnnc21. The van der Waals surface area contributed by atoms with Crippen LogP contribution in [0.4, 0.5) is 0 Å². The number of aliphatic imine (C=N–C) groups is 1. The van der Waals surface area contributed by atoms with Crippen LogP contribution < -0.4 is 5.32 Å². The molecular formula is C19H18Cl2N6. The van der Waals surface area contributed by atoms with Crippen LogP contribution >= 0.6 is 23.2 Å². The molecule has 1 aromatic carbocycles. The topological polar surface area (TPSA) is 68.0 Å². The minimum absolute atomic E-state index is 0.363. The van der Waals surface area contributed by atoms with Crippen LogP contribution in [0.25, 0.3) is 5.69 Å². The van der Waals surface area contributed by atoms with Gasteiger partial charge in [0.2, 0.25) is 0 Å². The smallest absolute Gasteiger partial charge is 0.177 e. The maximum atomic E-state index is 6.48. The number of nitrogens with one attached hydrogen (secondary N) is 1. The van der Waals surface area contributed by atoms with Crippen LogP contribution in [0.1, 0.15) is 43.0 Å². The van der Waals surface area contributed by atoms with Crippen LogP contribution in [0.5, 0.6) is 0 Å². The number of unbranched alkanes of at least 4 members (excludes halogenated alkanes) is 1. The summed E-state index contributed by atoms with van der Waals surface area (Å²) in [5.41, 5.74) is 2.95. The fraction of sp³-hybridized carbons (Fsp3) is 0.263. The molecule has 6 nitrogen and oxygen atoms in total. The standard InChI is InChI=1S/C19H18Cl2N6/c1-2-3-10-22-18-19-26-23-11-27(19)14-8-9-15(21)24-17(14)16(25-18)12-6-4-5-7-13(12)20/h4-9,11,18,22H,2-3,10H2,1H3. The van der Waals surface area contributed by atoms with Gasteiger partial charge < -0.3 is 0 Å². The Kier molecular flexibility index (Phi) is 5.20. The Labute approximate surface area is 167 Å². The lowest BCUT2D eigenvalue weighted by molar-refractivity contribution is 0.510. The second-order valence-electron chi connectivity index (χ2n) is 6.23. The number of hydrogen-bond donors (Lipinski definition) is 1. The minimum Gasteiger partial charge on any atom is -0.289 e. The highest BCUT2D eigenvalue weighted by Crippen LogP contribution is 2.30. The van der Waals surface area contributed by atoms with E-state index in [4.69, 9.17) is 28.2 Å². The van der Waals surface area contributed by atoms with Gasteiger partial charge >= 0.3 is 0 Å². The first-order valence-electron chi connectivity index (χ1n) is 8.82. The van der Waals surface area contributed by atoms with Crippen LogP contribution in [0.2, 0.25) is 10.2 Å². The van der Waals surface area contributed by atoms with E-state index in [1.807, 2.05) is 34.9 Å². The van der Waals surface area contributed by atoms with Gasteiger partial charge in [0.05, 0.1) is 16.4 Å². The number of rotatable bonds is 5. The third-order valence-electron chi connectivity index (χ3n) is 4.40. The third-order valence-corrected chi connectivity index (χ3v) is 4.94. The second-order valence-corrected chi connectivity index (χ2v) is 7.02. The number of nitrogens with zero attached hydrogens (tertiary/aromatic N) is 5. The molecule has 138 valence electrons. The molecule has 0 fully saturated rings. The fourth-order valence-corrected chi connectivity index (χ4v) is 3.44. The van der Waals surface area contributed by atoms with Crippen LogP contribution in [0.3, 0.4) is 0 Å². The number of benzene rings is 1. The van der Waals surface area contributed by atoms with Gasteiger partial charge in [0.1, 0.15) is 17.2 Å². The second kappa shape index (κ2) is 7.76. The Hall–Kier alpha value is -2.28. The first-order chi connectivity index (χ1) is 13.2. The van der Waals surface area contributed by atoms with Gasteiger partial charge in [-0.05, 0) is 31.2 Å². The summed E-state index contributed by atoms with van der Waals surface area (Å²) in [5.74, 6) is 0.707. The van der Waals surface area contributed by atoms with Crippen LogP contribution in [0.15, 0.2) is 47.7 Å². The molecule has 0 spiro atoms. The molecule has 1 N–H and O–H groups in total. The molecule has 0 amide bonds. The molecule has 1 aliphatic heterocycles. The summed E-state index contributed by atoms with van der Waals surface area (Å²) in [7, 11) is 0. The molecule has 3 aromatic rings. The van der Waals surface area contributed by atoms with Crippen LogP contribution in [-0.2, 0) is 0 Å². The van der Waals surface area contributed by atoms with Gasteiger partial charge in [-0.1, -0.05) is 54.7 Å². The van der Waals surface area contributed by atoms with Crippen molar-refractivity contribution in [2.45, 2.75) is 25.9 Å². The van der Waals surface area contributed by atoms with Crippen LogP contribution in [-0.4, -0.2) is 32.0 Å². The molecule has 8 heteroatoms. The van der Waals surface area contributed by atoms with Crippen molar-refractivity contribution < 1.29 is 0 Å². The summed E-state index contributed by atoms with van der Waals surface area (Å²) >= 11 is 12.7. The van der Waals surface area contributed by atoms with Gasteiger partial charge in [0, 0.05) is 5.56 Å². The van der Waals surface area contributed by atoms with E-state index in [2.05, 4.69) is 27.4 Å². The summed E-state index contributed by atoms with van der Waals surface area (Å²) in [4.78, 5) is 9.50. The van der Waals surface area contributed by atoms with Gasteiger partial charge in [-0.2, -0.15) is 0 Å². The van der Waals surface area contributed by atoms with Gasteiger partial charge in [-0.3, -0.25) is 14.9 Å². The first kappa shape index (κ1) is 18.1. The lowest BCUT2D eigenvalue weighted by atomic mass is 10.1. The molecule has 1 unspecified atom stereocenters. The molecule has 4 rings (SSSR count). The van der Waals surface area contributed by atoms with Crippen molar-refractivity contribution in [2.75, 3.05) is 6.54 Å². The number of fused-ring (bicyclic) bond motifs is 3. The molecule has 0 radical (unpaired) electrons. The lowest BCUT2D eigenvalue weighted by Gasteiger charge is -2.13. The Balaban J connectivity index is 1.93. The van der Waals surface area contributed by atoms with E-state index in [0.717, 1.165) is 30.6 Å². The predicted octanol–water partition coefficient (Wildman–Crippen LogP) is 4.21. The van der Waals surface area contributed by atoms with Crippen molar-refractivity contribution in [3.63, 3.8) is 0 Å². The van der Waals surface area contributed by atoms with Crippen molar-refractivity contribution in [3.05, 3.63) is 70.0 Å². The van der Waals surface area contributed by atoms with Gasteiger partial charge in [0.25, 0.3) is 0 Å².